The first kappa shape index (κ1) is 14.7. The average Bonchev–Trinajstić information content (AvgIpc) is 2.62. The minimum Gasteiger partial charge on any atom is -0.321 e. The van der Waals surface area contributed by atoms with Crippen molar-refractivity contribution in [2.75, 3.05) is 5.32 Å². The van der Waals surface area contributed by atoms with Crippen molar-refractivity contribution in [2.45, 2.75) is 0 Å². The van der Waals surface area contributed by atoms with E-state index in [2.05, 4.69) is 10.3 Å². The zero-order valence-corrected chi connectivity index (χ0v) is 13.4. The molecule has 4 rings (SSSR count). The standard InChI is InChI=1S/C20H13ClN2O/c21-17-9-2-5-13-14(17)6-1-7-15(13)20(24)23-19-11-3-10-18-16(19)8-4-12-22-18/h1-12H,(H,23,24). The molecular formula is C20H13ClN2O. The molecule has 0 radical (unpaired) electrons. The number of nitrogens with one attached hydrogen (secondary N) is 1. The van der Waals surface area contributed by atoms with Gasteiger partial charge in [0, 0.05) is 27.6 Å². The lowest BCUT2D eigenvalue weighted by molar-refractivity contribution is 0.102. The van der Waals surface area contributed by atoms with Crippen molar-refractivity contribution >= 4 is 44.9 Å². The Bertz CT molecular complexity index is 1070. The van der Waals surface area contributed by atoms with Gasteiger partial charge in [-0.1, -0.05) is 41.9 Å². The Hall–Kier alpha value is -2.91. The number of hydrogen-bond donors (Lipinski definition) is 1. The number of halogens is 1. The molecule has 1 N–H and O–H groups in total. The number of aromatic nitrogens is 1. The molecule has 4 aromatic rings. The second-order valence-corrected chi connectivity index (χ2v) is 5.88. The normalized spacial score (nSPS) is 10.9. The fourth-order valence-corrected chi connectivity index (χ4v) is 3.11. The highest BCUT2D eigenvalue weighted by Gasteiger charge is 2.12. The predicted octanol–water partition coefficient (Wildman–Crippen LogP) is 5.29. The van der Waals surface area contributed by atoms with Crippen LogP contribution in [-0.4, -0.2) is 10.9 Å². The van der Waals surface area contributed by atoms with E-state index in [9.17, 15) is 4.79 Å². The van der Waals surface area contributed by atoms with E-state index in [1.165, 1.54) is 0 Å². The van der Waals surface area contributed by atoms with Crippen LogP contribution in [0.2, 0.25) is 5.02 Å². The molecule has 1 amide bonds. The molecule has 0 bridgehead atoms. The van der Waals surface area contributed by atoms with E-state index in [1.807, 2.05) is 60.7 Å². The molecule has 116 valence electrons. The van der Waals surface area contributed by atoms with Crippen LogP contribution in [-0.2, 0) is 0 Å². The third kappa shape index (κ3) is 2.49. The molecule has 0 aliphatic carbocycles. The second-order valence-electron chi connectivity index (χ2n) is 5.47. The first-order valence-corrected chi connectivity index (χ1v) is 7.94. The molecule has 3 aromatic carbocycles. The van der Waals surface area contributed by atoms with E-state index in [-0.39, 0.29) is 5.91 Å². The van der Waals surface area contributed by atoms with Crippen molar-refractivity contribution in [3.8, 4) is 0 Å². The van der Waals surface area contributed by atoms with Crippen LogP contribution in [0.15, 0.2) is 72.9 Å². The van der Waals surface area contributed by atoms with Gasteiger partial charge in [-0.3, -0.25) is 9.78 Å². The van der Waals surface area contributed by atoms with E-state index in [1.54, 1.807) is 12.3 Å². The van der Waals surface area contributed by atoms with Gasteiger partial charge in [-0.15, -0.1) is 0 Å². The van der Waals surface area contributed by atoms with Crippen molar-refractivity contribution in [3.05, 3.63) is 83.5 Å². The summed E-state index contributed by atoms with van der Waals surface area (Å²) in [4.78, 5) is 17.1. The summed E-state index contributed by atoms with van der Waals surface area (Å²) in [5.74, 6) is -0.167. The Balaban J connectivity index is 1.79. The number of fused-ring (bicyclic) bond motifs is 2. The first-order valence-electron chi connectivity index (χ1n) is 7.56. The lowest BCUT2D eigenvalue weighted by Gasteiger charge is -2.10. The number of hydrogen-bond acceptors (Lipinski definition) is 2. The first-order chi connectivity index (χ1) is 11.7. The summed E-state index contributed by atoms with van der Waals surface area (Å²) in [5.41, 5.74) is 2.18. The number of amides is 1. The number of carbonyl (C=O) groups is 1. The highest BCUT2D eigenvalue weighted by Crippen LogP contribution is 2.27. The van der Waals surface area contributed by atoms with Gasteiger partial charge in [-0.05, 0) is 41.8 Å². The molecule has 1 heterocycles. The molecule has 0 saturated carbocycles. The summed E-state index contributed by atoms with van der Waals surface area (Å²) in [6.45, 7) is 0. The second kappa shape index (κ2) is 5.95. The van der Waals surface area contributed by atoms with Crippen molar-refractivity contribution in [2.24, 2.45) is 0 Å². The monoisotopic (exact) mass is 332 g/mol. The van der Waals surface area contributed by atoms with Crippen LogP contribution in [0.1, 0.15) is 10.4 Å². The molecule has 0 spiro atoms. The Kier molecular flexibility index (Phi) is 3.63. The van der Waals surface area contributed by atoms with Gasteiger partial charge in [-0.25, -0.2) is 0 Å². The van der Waals surface area contributed by atoms with Gasteiger partial charge in [0.25, 0.3) is 5.91 Å². The van der Waals surface area contributed by atoms with E-state index in [0.29, 0.717) is 10.6 Å². The van der Waals surface area contributed by atoms with Gasteiger partial charge in [0.15, 0.2) is 0 Å². The maximum absolute atomic E-state index is 12.8. The maximum atomic E-state index is 12.8. The highest BCUT2D eigenvalue weighted by atomic mass is 35.5. The van der Waals surface area contributed by atoms with Gasteiger partial charge >= 0.3 is 0 Å². The molecule has 0 atom stereocenters. The summed E-state index contributed by atoms with van der Waals surface area (Å²) in [6, 6.07) is 20.6. The van der Waals surface area contributed by atoms with Crippen molar-refractivity contribution in [1.29, 1.82) is 0 Å². The fourth-order valence-electron chi connectivity index (χ4n) is 2.87. The van der Waals surface area contributed by atoms with Crippen molar-refractivity contribution in [1.82, 2.24) is 4.98 Å². The Morgan fingerprint density at radius 2 is 1.58 bits per heavy atom. The third-order valence-corrected chi connectivity index (χ3v) is 4.34. The topological polar surface area (TPSA) is 42.0 Å². The molecular weight excluding hydrogens is 320 g/mol. The molecule has 0 aliphatic rings. The van der Waals surface area contributed by atoms with Crippen LogP contribution >= 0.6 is 11.6 Å². The summed E-state index contributed by atoms with van der Waals surface area (Å²) in [7, 11) is 0. The third-order valence-electron chi connectivity index (χ3n) is 4.01. The summed E-state index contributed by atoms with van der Waals surface area (Å²) >= 11 is 6.23. The lowest BCUT2D eigenvalue weighted by Crippen LogP contribution is -2.12. The minimum absolute atomic E-state index is 0.167. The molecule has 0 unspecified atom stereocenters. The zero-order chi connectivity index (χ0) is 16.5. The molecule has 0 aliphatic heterocycles. The number of carbonyl (C=O) groups excluding carboxylic acids is 1. The van der Waals surface area contributed by atoms with Crippen LogP contribution in [0.25, 0.3) is 21.7 Å². The van der Waals surface area contributed by atoms with Crippen molar-refractivity contribution in [3.63, 3.8) is 0 Å². The lowest BCUT2D eigenvalue weighted by atomic mass is 10.0. The van der Waals surface area contributed by atoms with Crippen LogP contribution in [0.4, 0.5) is 5.69 Å². The molecule has 0 fully saturated rings. The average molecular weight is 333 g/mol. The number of anilines is 1. The van der Waals surface area contributed by atoms with Gasteiger partial charge in [0.05, 0.1) is 11.2 Å². The van der Waals surface area contributed by atoms with Gasteiger partial charge in [-0.2, -0.15) is 0 Å². The highest BCUT2D eigenvalue weighted by molar-refractivity contribution is 6.36. The maximum Gasteiger partial charge on any atom is 0.256 e. The van der Waals surface area contributed by atoms with E-state index in [0.717, 1.165) is 27.4 Å². The van der Waals surface area contributed by atoms with Gasteiger partial charge < -0.3 is 5.32 Å². The Morgan fingerprint density at radius 1 is 0.833 bits per heavy atom. The minimum atomic E-state index is -0.167. The van der Waals surface area contributed by atoms with Crippen LogP contribution in [0.5, 0.6) is 0 Å². The summed E-state index contributed by atoms with van der Waals surface area (Å²) in [6.07, 6.45) is 1.74. The quantitative estimate of drug-likeness (QED) is 0.541. The number of nitrogens with zero attached hydrogens (tertiary/aromatic N) is 1. The van der Waals surface area contributed by atoms with Crippen molar-refractivity contribution < 1.29 is 4.79 Å². The summed E-state index contributed by atoms with van der Waals surface area (Å²) in [5, 5.41) is 6.24. The molecule has 1 aromatic heterocycles. The van der Waals surface area contributed by atoms with E-state index in [4.69, 9.17) is 11.6 Å². The molecule has 24 heavy (non-hydrogen) atoms. The van der Waals surface area contributed by atoms with Crippen LogP contribution in [0, 0.1) is 0 Å². The number of benzene rings is 3. The predicted molar refractivity (Wildman–Crippen MR) is 98.7 cm³/mol. The van der Waals surface area contributed by atoms with E-state index < -0.39 is 0 Å². The van der Waals surface area contributed by atoms with Crippen LogP contribution in [0.3, 0.4) is 0 Å². The number of pyridine rings is 1. The summed E-state index contributed by atoms with van der Waals surface area (Å²) < 4.78 is 0. The zero-order valence-electron chi connectivity index (χ0n) is 12.7. The SMILES string of the molecule is O=C(Nc1cccc2ncccc12)c1cccc2c(Cl)cccc12. The molecule has 0 saturated heterocycles. The van der Waals surface area contributed by atoms with Gasteiger partial charge in [0.2, 0.25) is 0 Å². The smallest absolute Gasteiger partial charge is 0.256 e. The Labute approximate surface area is 143 Å². The van der Waals surface area contributed by atoms with Crippen LogP contribution < -0.4 is 5.32 Å². The largest absolute Gasteiger partial charge is 0.321 e. The van der Waals surface area contributed by atoms with E-state index >= 15 is 0 Å². The fraction of sp³-hybridized carbons (Fsp3) is 0. The van der Waals surface area contributed by atoms with Gasteiger partial charge in [0.1, 0.15) is 0 Å². The molecule has 3 nitrogen and oxygen atoms in total. The number of rotatable bonds is 2. The molecule has 4 heteroatoms. The Morgan fingerprint density at radius 3 is 2.50 bits per heavy atom.